The molecule has 0 unspecified atom stereocenters. The summed E-state index contributed by atoms with van der Waals surface area (Å²) in [6.45, 7) is 2.18. The second kappa shape index (κ2) is 7.89. The molecule has 0 fully saturated rings. The zero-order chi connectivity index (χ0) is 14.3. The summed E-state index contributed by atoms with van der Waals surface area (Å²) < 4.78 is 16.1. The fourth-order valence-electron chi connectivity index (χ4n) is 2.16. The lowest BCUT2D eigenvalue weighted by Gasteiger charge is -2.20. The summed E-state index contributed by atoms with van der Waals surface area (Å²) >= 11 is 0. The zero-order valence-electron chi connectivity index (χ0n) is 12.4. The fourth-order valence-corrected chi connectivity index (χ4v) is 2.16. The Labute approximate surface area is 115 Å². The van der Waals surface area contributed by atoms with Gasteiger partial charge in [-0.05, 0) is 6.42 Å². The first-order chi connectivity index (χ1) is 9.17. The van der Waals surface area contributed by atoms with E-state index in [-0.39, 0.29) is 6.04 Å². The Morgan fingerprint density at radius 3 is 2.00 bits per heavy atom. The highest BCUT2D eigenvalue weighted by Crippen LogP contribution is 2.38. The quantitative estimate of drug-likeness (QED) is 0.734. The maximum absolute atomic E-state index is 6.28. The van der Waals surface area contributed by atoms with Gasteiger partial charge in [0.1, 0.15) is 17.2 Å². The van der Waals surface area contributed by atoms with Crippen molar-refractivity contribution in [3.63, 3.8) is 0 Å². The fraction of sp³-hybridized carbons (Fsp3) is 0.600. The predicted molar refractivity (Wildman–Crippen MR) is 77.2 cm³/mol. The Kier molecular flexibility index (Phi) is 6.50. The molecule has 4 nitrogen and oxygen atoms in total. The first-order valence-corrected chi connectivity index (χ1v) is 6.73. The van der Waals surface area contributed by atoms with Gasteiger partial charge in [-0.15, -0.1) is 0 Å². The van der Waals surface area contributed by atoms with Crippen LogP contribution in [0.5, 0.6) is 17.2 Å². The number of unbranched alkanes of at least 4 members (excludes halogenated alkanes) is 2. The average molecular weight is 267 g/mol. The van der Waals surface area contributed by atoms with Crippen LogP contribution in [0.4, 0.5) is 0 Å². The van der Waals surface area contributed by atoms with Crippen molar-refractivity contribution in [3.05, 3.63) is 17.7 Å². The topological polar surface area (TPSA) is 53.7 Å². The van der Waals surface area contributed by atoms with Gasteiger partial charge in [0.05, 0.1) is 26.9 Å². The van der Waals surface area contributed by atoms with Crippen LogP contribution in [0.3, 0.4) is 0 Å². The average Bonchev–Trinajstić information content (AvgIpc) is 2.45. The lowest BCUT2D eigenvalue weighted by Crippen LogP contribution is -2.13. The predicted octanol–water partition coefficient (Wildman–Crippen LogP) is 3.29. The van der Waals surface area contributed by atoms with Crippen molar-refractivity contribution in [1.82, 2.24) is 0 Å². The number of rotatable bonds is 8. The van der Waals surface area contributed by atoms with Gasteiger partial charge in [0, 0.05) is 18.2 Å². The van der Waals surface area contributed by atoms with E-state index >= 15 is 0 Å². The van der Waals surface area contributed by atoms with E-state index in [2.05, 4.69) is 6.92 Å². The molecule has 0 saturated carbocycles. The van der Waals surface area contributed by atoms with Gasteiger partial charge < -0.3 is 19.9 Å². The van der Waals surface area contributed by atoms with E-state index in [9.17, 15) is 0 Å². The molecule has 0 aliphatic heterocycles. The van der Waals surface area contributed by atoms with Crippen LogP contribution in [0, 0.1) is 0 Å². The van der Waals surface area contributed by atoms with Gasteiger partial charge >= 0.3 is 0 Å². The minimum Gasteiger partial charge on any atom is -0.496 e. The van der Waals surface area contributed by atoms with Gasteiger partial charge in [0.2, 0.25) is 0 Å². The van der Waals surface area contributed by atoms with Crippen molar-refractivity contribution in [1.29, 1.82) is 0 Å². The second-order valence-corrected chi connectivity index (χ2v) is 4.55. The molecule has 0 amide bonds. The number of methoxy groups -OCH3 is 3. The van der Waals surface area contributed by atoms with Crippen LogP contribution >= 0.6 is 0 Å². The van der Waals surface area contributed by atoms with Crippen molar-refractivity contribution in [2.24, 2.45) is 5.73 Å². The standard InChI is InChI=1S/C15H25NO3/c1-5-6-7-8-12(16)15-13(18-3)9-11(17-2)10-14(15)19-4/h9-10,12H,5-8,16H2,1-4H3/t12-/m0/s1. The van der Waals surface area contributed by atoms with E-state index in [0.29, 0.717) is 5.75 Å². The molecule has 0 aliphatic carbocycles. The molecule has 0 aliphatic rings. The molecule has 108 valence electrons. The Balaban J connectivity index is 3.02. The molecule has 0 spiro atoms. The van der Waals surface area contributed by atoms with Crippen molar-refractivity contribution < 1.29 is 14.2 Å². The molecule has 4 heteroatoms. The maximum Gasteiger partial charge on any atom is 0.131 e. The number of ether oxygens (including phenoxy) is 3. The highest BCUT2D eigenvalue weighted by molar-refractivity contribution is 5.52. The first-order valence-electron chi connectivity index (χ1n) is 6.73. The Hall–Kier alpha value is -1.42. The van der Waals surface area contributed by atoms with Crippen LogP contribution in [-0.4, -0.2) is 21.3 Å². The van der Waals surface area contributed by atoms with Crippen molar-refractivity contribution in [3.8, 4) is 17.2 Å². The van der Waals surface area contributed by atoms with Crippen LogP contribution in [0.15, 0.2) is 12.1 Å². The summed E-state index contributed by atoms with van der Waals surface area (Å²) in [7, 11) is 4.89. The van der Waals surface area contributed by atoms with Crippen molar-refractivity contribution in [2.45, 2.75) is 38.6 Å². The molecule has 1 aromatic rings. The number of hydrogen-bond donors (Lipinski definition) is 1. The molecule has 0 aromatic heterocycles. The molecule has 0 bridgehead atoms. The van der Waals surface area contributed by atoms with Gasteiger partial charge in [-0.25, -0.2) is 0 Å². The molecule has 0 heterocycles. The lowest BCUT2D eigenvalue weighted by atomic mass is 9.99. The maximum atomic E-state index is 6.28. The summed E-state index contributed by atoms with van der Waals surface area (Å²) in [4.78, 5) is 0. The Bertz CT molecular complexity index is 368. The summed E-state index contributed by atoms with van der Waals surface area (Å²) in [5.74, 6) is 2.15. The first kappa shape index (κ1) is 15.6. The molecule has 2 N–H and O–H groups in total. The largest absolute Gasteiger partial charge is 0.496 e. The summed E-state index contributed by atoms with van der Waals surface area (Å²) in [5, 5.41) is 0. The Morgan fingerprint density at radius 2 is 1.58 bits per heavy atom. The van der Waals surface area contributed by atoms with E-state index in [1.54, 1.807) is 21.3 Å². The molecule has 19 heavy (non-hydrogen) atoms. The number of benzene rings is 1. The highest BCUT2D eigenvalue weighted by atomic mass is 16.5. The Morgan fingerprint density at radius 1 is 1.00 bits per heavy atom. The van der Waals surface area contributed by atoms with E-state index in [0.717, 1.165) is 29.9 Å². The van der Waals surface area contributed by atoms with Crippen LogP contribution in [0.25, 0.3) is 0 Å². The number of nitrogens with two attached hydrogens (primary N) is 1. The van der Waals surface area contributed by atoms with Crippen LogP contribution in [-0.2, 0) is 0 Å². The van der Waals surface area contributed by atoms with Crippen LogP contribution in [0.1, 0.15) is 44.2 Å². The smallest absolute Gasteiger partial charge is 0.131 e. The highest BCUT2D eigenvalue weighted by Gasteiger charge is 2.19. The second-order valence-electron chi connectivity index (χ2n) is 4.55. The minimum atomic E-state index is -0.0812. The number of hydrogen-bond acceptors (Lipinski definition) is 4. The van der Waals surface area contributed by atoms with Gasteiger partial charge in [0.15, 0.2) is 0 Å². The molecule has 1 atom stereocenters. The van der Waals surface area contributed by atoms with Crippen molar-refractivity contribution in [2.75, 3.05) is 21.3 Å². The SMILES string of the molecule is CCCCC[C@H](N)c1c(OC)cc(OC)cc1OC. The van der Waals surface area contributed by atoms with Crippen LogP contribution in [0.2, 0.25) is 0 Å². The monoisotopic (exact) mass is 267 g/mol. The molecule has 0 radical (unpaired) electrons. The van der Waals surface area contributed by atoms with E-state index in [1.165, 1.54) is 12.8 Å². The summed E-state index contributed by atoms with van der Waals surface area (Å²) in [6, 6.07) is 3.61. The minimum absolute atomic E-state index is 0.0812. The van der Waals surface area contributed by atoms with Crippen molar-refractivity contribution >= 4 is 0 Å². The van der Waals surface area contributed by atoms with Crippen LogP contribution < -0.4 is 19.9 Å². The molecular weight excluding hydrogens is 242 g/mol. The molecule has 1 rings (SSSR count). The van der Waals surface area contributed by atoms with Gasteiger partial charge in [-0.3, -0.25) is 0 Å². The van der Waals surface area contributed by atoms with Gasteiger partial charge in [-0.2, -0.15) is 0 Å². The lowest BCUT2D eigenvalue weighted by molar-refractivity contribution is 0.361. The van der Waals surface area contributed by atoms with Gasteiger partial charge in [-0.1, -0.05) is 26.2 Å². The third-order valence-electron chi connectivity index (χ3n) is 3.24. The molecular formula is C15H25NO3. The summed E-state index contributed by atoms with van der Waals surface area (Å²) in [5.41, 5.74) is 7.20. The summed E-state index contributed by atoms with van der Waals surface area (Å²) in [6.07, 6.45) is 4.40. The molecule has 0 saturated heterocycles. The third-order valence-corrected chi connectivity index (χ3v) is 3.24. The van der Waals surface area contributed by atoms with E-state index in [4.69, 9.17) is 19.9 Å². The van der Waals surface area contributed by atoms with E-state index in [1.807, 2.05) is 12.1 Å². The molecule has 1 aromatic carbocycles. The zero-order valence-corrected chi connectivity index (χ0v) is 12.4. The van der Waals surface area contributed by atoms with E-state index < -0.39 is 0 Å². The third kappa shape index (κ3) is 4.03. The normalized spacial score (nSPS) is 12.1. The van der Waals surface area contributed by atoms with Gasteiger partial charge in [0.25, 0.3) is 0 Å².